The number of nitrogens with zero attached hydrogens (tertiary/aromatic N) is 2. The number of halogens is 1. The van der Waals surface area contributed by atoms with E-state index in [0.29, 0.717) is 23.4 Å². The number of carbonyl (C=O) groups is 1. The highest BCUT2D eigenvalue weighted by Gasteiger charge is 2.10. The lowest BCUT2D eigenvalue weighted by molar-refractivity contribution is 0.0526. The monoisotopic (exact) mass is 263 g/mol. The van der Waals surface area contributed by atoms with Gasteiger partial charge in [0.25, 0.3) is 0 Å². The SMILES string of the molecule is CCOC(=O)c1cnn(Cc2ccc(N)cc2F)c1. The van der Waals surface area contributed by atoms with E-state index in [2.05, 4.69) is 5.10 Å². The van der Waals surface area contributed by atoms with Crippen LogP contribution in [0.1, 0.15) is 22.8 Å². The van der Waals surface area contributed by atoms with Crippen molar-refractivity contribution in [2.75, 3.05) is 12.3 Å². The fraction of sp³-hybridized carbons (Fsp3) is 0.231. The van der Waals surface area contributed by atoms with Crippen LogP contribution in [0.2, 0.25) is 0 Å². The molecular weight excluding hydrogens is 249 g/mol. The Labute approximate surface area is 109 Å². The molecule has 1 aromatic carbocycles. The summed E-state index contributed by atoms with van der Waals surface area (Å²) in [6.07, 6.45) is 2.92. The second-order valence-corrected chi connectivity index (χ2v) is 4.00. The van der Waals surface area contributed by atoms with Crippen LogP contribution in [-0.2, 0) is 11.3 Å². The van der Waals surface area contributed by atoms with Gasteiger partial charge >= 0.3 is 5.97 Å². The molecule has 1 heterocycles. The van der Waals surface area contributed by atoms with Crippen molar-refractivity contribution < 1.29 is 13.9 Å². The first kappa shape index (κ1) is 13.1. The van der Waals surface area contributed by atoms with E-state index in [9.17, 15) is 9.18 Å². The Balaban J connectivity index is 2.13. The van der Waals surface area contributed by atoms with Gasteiger partial charge in [0.1, 0.15) is 5.82 Å². The van der Waals surface area contributed by atoms with Gasteiger partial charge in [0.15, 0.2) is 0 Å². The summed E-state index contributed by atoms with van der Waals surface area (Å²) in [5, 5.41) is 4.00. The molecule has 100 valence electrons. The molecule has 0 saturated heterocycles. The Bertz CT molecular complexity index is 595. The van der Waals surface area contributed by atoms with E-state index in [1.54, 1.807) is 19.1 Å². The van der Waals surface area contributed by atoms with Crippen LogP contribution in [0, 0.1) is 5.82 Å². The smallest absolute Gasteiger partial charge is 0.341 e. The van der Waals surface area contributed by atoms with Gasteiger partial charge < -0.3 is 10.5 Å². The summed E-state index contributed by atoms with van der Waals surface area (Å²) in [6, 6.07) is 4.47. The minimum absolute atomic E-state index is 0.228. The van der Waals surface area contributed by atoms with Gasteiger partial charge in [-0.25, -0.2) is 9.18 Å². The molecule has 0 fully saturated rings. The van der Waals surface area contributed by atoms with Gasteiger partial charge in [-0.3, -0.25) is 4.68 Å². The summed E-state index contributed by atoms with van der Waals surface area (Å²) in [5.41, 5.74) is 6.64. The summed E-state index contributed by atoms with van der Waals surface area (Å²) in [7, 11) is 0. The maximum Gasteiger partial charge on any atom is 0.341 e. The number of hydrogen-bond donors (Lipinski definition) is 1. The van der Waals surface area contributed by atoms with Crippen LogP contribution in [-0.4, -0.2) is 22.4 Å². The standard InChI is InChI=1S/C13H14FN3O2/c1-2-19-13(18)10-6-16-17(8-10)7-9-3-4-11(15)5-12(9)14/h3-6,8H,2,7,15H2,1H3. The molecule has 0 aliphatic carbocycles. The molecule has 19 heavy (non-hydrogen) atoms. The normalized spacial score (nSPS) is 10.4. The predicted octanol–water partition coefficient (Wildman–Crippen LogP) is 1.83. The molecule has 5 nitrogen and oxygen atoms in total. The van der Waals surface area contributed by atoms with Crippen LogP contribution in [0.3, 0.4) is 0 Å². The molecule has 6 heteroatoms. The van der Waals surface area contributed by atoms with Crippen LogP contribution >= 0.6 is 0 Å². The highest BCUT2D eigenvalue weighted by Crippen LogP contribution is 2.13. The summed E-state index contributed by atoms with van der Waals surface area (Å²) < 4.78 is 19.9. The Morgan fingerprint density at radius 1 is 1.53 bits per heavy atom. The number of benzene rings is 1. The third-order valence-electron chi connectivity index (χ3n) is 2.55. The van der Waals surface area contributed by atoms with Crippen molar-refractivity contribution in [2.24, 2.45) is 0 Å². The molecule has 0 amide bonds. The van der Waals surface area contributed by atoms with Gasteiger partial charge in [0.2, 0.25) is 0 Å². The molecule has 0 unspecified atom stereocenters. The molecule has 2 aromatic rings. The fourth-order valence-electron chi connectivity index (χ4n) is 1.64. The molecule has 0 aliphatic heterocycles. The van der Waals surface area contributed by atoms with Crippen LogP contribution in [0.5, 0.6) is 0 Å². The molecular formula is C13H14FN3O2. The van der Waals surface area contributed by atoms with Gasteiger partial charge in [0, 0.05) is 17.4 Å². The number of anilines is 1. The van der Waals surface area contributed by atoms with E-state index >= 15 is 0 Å². The number of ether oxygens (including phenoxy) is 1. The van der Waals surface area contributed by atoms with E-state index in [4.69, 9.17) is 10.5 Å². The van der Waals surface area contributed by atoms with Crippen molar-refractivity contribution >= 4 is 11.7 Å². The third kappa shape index (κ3) is 3.09. The van der Waals surface area contributed by atoms with Gasteiger partial charge in [-0.05, 0) is 19.1 Å². The van der Waals surface area contributed by atoms with E-state index in [-0.39, 0.29) is 6.54 Å². The quantitative estimate of drug-likeness (QED) is 0.675. The molecule has 0 radical (unpaired) electrons. The molecule has 0 aliphatic rings. The number of aromatic nitrogens is 2. The lowest BCUT2D eigenvalue weighted by Gasteiger charge is -2.04. The second kappa shape index (κ2) is 5.51. The maximum atomic E-state index is 13.6. The Hall–Kier alpha value is -2.37. The minimum atomic E-state index is -0.438. The van der Waals surface area contributed by atoms with Gasteiger partial charge in [-0.15, -0.1) is 0 Å². The van der Waals surface area contributed by atoms with E-state index < -0.39 is 11.8 Å². The van der Waals surface area contributed by atoms with Crippen LogP contribution in [0.25, 0.3) is 0 Å². The van der Waals surface area contributed by atoms with Crippen molar-refractivity contribution in [2.45, 2.75) is 13.5 Å². The van der Waals surface area contributed by atoms with Crippen molar-refractivity contribution in [3.63, 3.8) is 0 Å². The molecule has 0 atom stereocenters. The average Bonchev–Trinajstić information content (AvgIpc) is 2.82. The largest absolute Gasteiger partial charge is 0.462 e. The Morgan fingerprint density at radius 2 is 2.32 bits per heavy atom. The summed E-state index contributed by atoms with van der Waals surface area (Å²) in [4.78, 5) is 11.5. The number of nitrogens with two attached hydrogens (primary N) is 1. The first-order valence-corrected chi connectivity index (χ1v) is 5.83. The number of esters is 1. The van der Waals surface area contributed by atoms with Gasteiger partial charge in [-0.2, -0.15) is 5.10 Å². The predicted molar refractivity (Wildman–Crippen MR) is 68.1 cm³/mol. The van der Waals surface area contributed by atoms with Crippen molar-refractivity contribution in [1.82, 2.24) is 9.78 Å². The lowest BCUT2D eigenvalue weighted by atomic mass is 10.2. The van der Waals surface area contributed by atoms with E-state index in [1.165, 1.54) is 23.1 Å². The average molecular weight is 263 g/mol. The first-order valence-electron chi connectivity index (χ1n) is 5.83. The van der Waals surface area contributed by atoms with Crippen LogP contribution in [0.4, 0.5) is 10.1 Å². The molecule has 0 saturated carbocycles. The molecule has 0 spiro atoms. The number of carbonyl (C=O) groups excluding carboxylic acids is 1. The third-order valence-corrected chi connectivity index (χ3v) is 2.55. The van der Waals surface area contributed by atoms with E-state index in [1.807, 2.05) is 0 Å². The van der Waals surface area contributed by atoms with E-state index in [0.717, 1.165) is 0 Å². The number of hydrogen-bond acceptors (Lipinski definition) is 4. The van der Waals surface area contributed by atoms with Crippen LogP contribution in [0.15, 0.2) is 30.6 Å². The van der Waals surface area contributed by atoms with Crippen LogP contribution < -0.4 is 5.73 Å². The van der Waals surface area contributed by atoms with Crippen molar-refractivity contribution in [3.8, 4) is 0 Å². The maximum absolute atomic E-state index is 13.6. The van der Waals surface area contributed by atoms with Crippen molar-refractivity contribution in [3.05, 3.63) is 47.5 Å². The zero-order valence-electron chi connectivity index (χ0n) is 10.5. The number of nitrogen functional groups attached to an aromatic ring is 1. The Morgan fingerprint density at radius 3 is 3.00 bits per heavy atom. The molecule has 2 rings (SSSR count). The Kier molecular flexibility index (Phi) is 3.79. The minimum Gasteiger partial charge on any atom is -0.462 e. The number of rotatable bonds is 4. The topological polar surface area (TPSA) is 70.1 Å². The van der Waals surface area contributed by atoms with Gasteiger partial charge in [0.05, 0.1) is 24.9 Å². The van der Waals surface area contributed by atoms with Gasteiger partial charge in [-0.1, -0.05) is 6.07 Å². The molecule has 0 bridgehead atoms. The lowest BCUT2D eigenvalue weighted by Crippen LogP contribution is -2.05. The summed E-state index contributed by atoms with van der Waals surface area (Å²) in [6.45, 7) is 2.26. The second-order valence-electron chi connectivity index (χ2n) is 4.00. The fourth-order valence-corrected chi connectivity index (χ4v) is 1.64. The first-order chi connectivity index (χ1) is 9.10. The molecule has 2 N–H and O–H groups in total. The highest BCUT2D eigenvalue weighted by molar-refractivity contribution is 5.88. The van der Waals surface area contributed by atoms with Crippen molar-refractivity contribution in [1.29, 1.82) is 0 Å². The zero-order chi connectivity index (χ0) is 13.8. The summed E-state index contributed by atoms with van der Waals surface area (Å²) >= 11 is 0. The molecule has 1 aromatic heterocycles. The summed E-state index contributed by atoms with van der Waals surface area (Å²) in [5.74, 6) is -0.834. The highest BCUT2D eigenvalue weighted by atomic mass is 19.1. The zero-order valence-corrected chi connectivity index (χ0v) is 10.5.